The molecule has 17 heavy (non-hydrogen) atoms. The van der Waals surface area contributed by atoms with E-state index in [2.05, 4.69) is 16.5 Å². The molecule has 0 aromatic carbocycles. The normalized spacial score (nSPS) is 19.9. The van der Waals surface area contributed by atoms with Crippen LogP contribution in [0.25, 0.3) is 0 Å². The van der Waals surface area contributed by atoms with Gasteiger partial charge in [0.05, 0.1) is 24.9 Å². The van der Waals surface area contributed by atoms with Crippen LogP contribution in [0.2, 0.25) is 0 Å². The lowest BCUT2D eigenvalue weighted by Gasteiger charge is -2.12. The van der Waals surface area contributed by atoms with Gasteiger partial charge in [-0.25, -0.2) is 0 Å². The number of nitrogens with one attached hydrogen (secondary N) is 1. The zero-order valence-corrected chi connectivity index (χ0v) is 10.4. The second-order valence-corrected chi connectivity index (χ2v) is 4.31. The predicted molar refractivity (Wildman–Crippen MR) is 64.8 cm³/mol. The van der Waals surface area contributed by atoms with E-state index in [1.165, 1.54) is 12.1 Å². The summed E-state index contributed by atoms with van der Waals surface area (Å²) >= 11 is 0. The van der Waals surface area contributed by atoms with Crippen molar-refractivity contribution in [2.75, 3.05) is 26.9 Å². The van der Waals surface area contributed by atoms with E-state index < -0.39 is 0 Å². The molecule has 1 fully saturated rings. The number of ether oxygens (including phenoxy) is 2. The average Bonchev–Trinajstić information content (AvgIpc) is 2.97. The van der Waals surface area contributed by atoms with Crippen molar-refractivity contribution in [1.82, 2.24) is 15.1 Å². The Balaban J connectivity index is 1.79. The van der Waals surface area contributed by atoms with Crippen molar-refractivity contribution in [3.63, 3.8) is 0 Å². The molecule has 1 aromatic rings. The molecular weight excluding hydrogens is 218 g/mol. The van der Waals surface area contributed by atoms with Gasteiger partial charge in [0.15, 0.2) is 0 Å². The Morgan fingerprint density at radius 1 is 1.65 bits per heavy atom. The fourth-order valence-electron chi connectivity index (χ4n) is 2.05. The molecule has 1 saturated heterocycles. The number of methoxy groups -OCH3 is 1. The molecule has 0 amide bonds. The Kier molecular flexibility index (Phi) is 4.97. The summed E-state index contributed by atoms with van der Waals surface area (Å²) < 4.78 is 12.7. The standard InChI is InChI=1S/C12H21N3O2/c1-16-8-6-13-9-11-4-5-14-15(11)10-12-3-2-7-17-12/h4-5,12-13H,2-3,6-10H2,1H3. The first kappa shape index (κ1) is 12.5. The van der Waals surface area contributed by atoms with Crippen LogP contribution in [-0.4, -0.2) is 42.8 Å². The monoisotopic (exact) mass is 239 g/mol. The Morgan fingerprint density at radius 2 is 2.59 bits per heavy atom. The molecule has 0 bridgehead atoms. The first-order valence-electron chi connectivity index (χ1n) is 6.22. The van der Waals surface area contributed by atoms with Crippen LogP contribution in [0.4, 0.5) is 0 Å². The van der Waals surface area contributed by atoms with Crippen LogP contribution in [-0.2, 0) is 22.6 Å². The minimum Gasteiger partial charge on any atom is -0.383 e. The predicted octanol–water partition coefficient (Wildman–Crippen LogP) is 0.798. The maximum atomic E-state index is 5.62. The minimum atomic E-state index is 0.340. The number of aromatic nitrogens is 2. The molecule has 2 rings (SSSR count). The molecule has 0 spiro atoms. The smallest absolute Gasteiger partial charge is 0.0771 e. The second kappa shape index (κ2) is 6.74. The van der Waals surface area contributed by atoms with Gasteiger partial charge in [0.1, 0.15) is 0 Å². The zero-order chi connectivity index (χ0) is 11.9. The summed E-state index contributed by atoms with van der Waals surface area (Å²) in [7, 11) is 1.71. The molecule has 5 nitrogen and oxygen atoms in total. The van der Waals surface area contributed by atoms with Crippen LogP contribution in [0, 0.1) is 0 Å². The number of hydrogen-bond acceptors (Lipinski definition) is 4. The van der Waals surface area contributed by atoms with E-state index in [1.54, 1.807) is 7.11 Å². The van der Waals surface area contributed by atoms with E-state index in [4.69, 9.17) is 9.47 Å². The summed E-state index contributed by atoms with van der Waals surface area (Å²) in [4.78, 5) is 0. The molecule has 1 N–H and O–H groups in total. The third-order valence-corrected chi connectivity index (χ3v) is 2.99. The highest BCUT2D eigenvalue weighted by Gasteiger charge is 2.17. The van der Waals surface area contributed by atoms with Gasteiger partial charge in [-0.15, -0.1) is 0 Å². The molecule has 1 unspecified atom stereocenters. The van der Waals surface area contributed by atoms with Crippen LogP contribution in [0.15, 0.2) is 12.3 Å². The molecule has 96 valence electrons. The van der Waals surface area contributed by atoms with Gasteiger partial charge in [0.25, 0.3) is 0 Å². The van der Waals surface area contributed by atoms with Crippen molar-refractivity contribution >= 4 is 0 Å². The van der Waals surface area contributed by atoms with Crippen LogP contribution in [0.3, 0.4) is 0 Å². The van der Waals surface area contributed by atoms with E-state index >= 15 is 0 Å². The fraction of sp³-hybridized carbons (Fsp3) is 0.750. The molecule has 0 radical (unpaired) electrons. The molecule has 0 saturated carbocycles. The number of nitrogens with zero attached hydrogens (tertiary/aromatic N) is 2. The van der Waals surface area contributed by atoms with Gasteiger partial charge in [0, 0.05) is 33.0 Å². The molecule has 1 atom stereocenters. The largest absolute Gasteiger partial charge is 0.383 e. The lowest BCUT2D eigenvalue weighted by molar-refractivity contribution is 0.0931. The molecule has 1 aliphatic rings. The molecule has 1 aromatic heterocycles. The third kappa shape index (κ3) is 3.80. The quantitative estimate of drug-likeness (QED) is 0.715. The summed E-state index contributed by atoms with van der Waals surface area (Å²) in [6, 6.07) is 2.05. The maximum absolute atomic E-state index is 5.62. The first-order chi connectivity index (χ1) is 8.40. The van der Waals surface area contributed by atoms with Crippen molar-refractivity contribution in [2.45, 2.75) is 32.0 Å². The van der Waals surface area contributed by atoms with Gasteiger partial charge in [-0.2, -0.15) is 5.10 Å². The van der Waals surface area contributed by atoms with E-state index in [1.807, 2.05) is 10.9 Å². The van der Waals surface area contributed by atoms with Crippen molar-refractivity contribution in [3.8, 4) is 0 Å². The van der Waals surface area contributed by atoms with Gasteiger partial charge in [-0.05, 0) is 18.9 Å². The Labute approximate surface area is 102 Å². The van der Waals surface area contributed by atoms with E-state index in [-0.39, 0.29) is 0 Å². The highest BCUT2D eigenvalue weighted by Crippen LogP contribution is 2.14. The number of hydrogen-bond donors (Lipinski definition) is 1. The Bertz CT molecular complexity index is 321. The van der Waals surface area contributed by atoms with Crippen molar-refractivity contribution in [2.24, 2.45) is 0 Å². The highest BCUT2D eigenvalue weighted by atomic mass is 16.5. The lowest BCUT2D eigenvalue weighted by Crippen LogP contribution is -2.23. The van der Waals surface area contributed by atoms with Gasteiger partial charge < -0.3 is 14.8 Å². The molecule has 2 heterocycles. The minimum absolute atomic E-state index is 0.340. The van der Waals surface area contributed by atoms with Gasteiger partial charge >= 0.3 is 0 Å². The van der Waals surface area contributed by atoms with Gasteiger partial charge in [-0.3, -0.25) is 4.68 Å². The van der Waals surface area contributed by atoms with E-state index in [0.29, 0.717) is 6.10 Å². The van der Waals surface area contributed by atoms with Crippen LogP contribution in [0.5, 0.6) is 0 Å². The lowest BCUT2D eigenvalue weighted by atomic mass is 10.2. The molecule has 5 heteroatoms. The molecule has 0 aliphatic carbocycles. The van der Waals surface area contributed by atoms with E-state index in [9.17, 15) is 0 Å². The summed E-state index contributed by atoms with van der Waals surface area (Å²) in [5.41, 5.74) is 1.21. The summed E-state index contributed by atoms with van der Waals surface area (Å²) in [5, 5.41) is 7.67. The van der Waals surface area contributed by atoms with E-state index in [0.717, 1.165) is 39.3 Å². The van der Waals surface area contributed by atoms with Crippen molar-refractivity contribution in [3.05, 3.63) is 18.0 Å². The molecular formula is C12H21N3O2. The van der Waals surface area contributed by atoms with Crippen molar-refractivity contribution < 1.29 is 9.47 Å². The number of rotatable bonds is 7. The van der Waals surface area contributed by atoms with Gasteiger partial charge in [0.2, 0.25) is 0 Å². The van der Waals surface area contributed by atoms with Crippen LogP contribution >= 0.6 is 0 Å². The maximum Gasteiger partial charge on any atom is 0.0771 e. The highest BCUT2D eigenvalue weighted by molar-refractivity contribution is 5.00. The summed E-state index contributed by atoms with van der Waals surface area (Å²) in [6.45, 7) is 4.19. The topological polar surface area (TPSA) is 48.3 Å². The Hall–Kier alpha value is -0.910. The molecule has 1 aliphatic heterocycles. The zero-order valence-electron chi connectivity index (χ0n) is 10.4. The third-order valence-electron chi connectivity index (χ3n) is 2.99. The van der Waals surface area contributed by atoms with Crippen LogP contribution in [0.1, 0.15) is 18.5 Å². The Morgan fingerprint density at radius 3 is 3.35 bits per heavy atom. The average molecular weight is 239 g/mol. The van der Waals surface area contributed by atoms with Gasteiger partial charge in [-0.1, -0.05) is 0 Å². The van der Waals surface area contributed by atoms with Crippen molar-refractivity contribution in [1.29, 1.82) is 0 Å². The summed E-state index contributed by atoms with van der Waals surface area (Å²) in [6.07, 6.45) is 4.51. The summed E-state index contributed by atoms with van der Waals surface area (Å²) in [5.74, 6) is 0. The first-order valence-corrected chi connectivity index (χ1v) is 6.22. The second-order valence-electron chi connectivity index (χ2n) is 4.31. The van der Waals surface area contributed by atoms with Crippen LogP contribution < -0.4 is 5.32 Å². The fourth-order valence-corrected chi connectivity index (χ4v) is 2.05. The SMILES string of the molecule is COCCNCc1ccnn1CC1CCCO1.